The van der Waals surface area contributed by atoms with Crippen LogP contribution < -0.4 is 5.73 Å². The third kappa shape index (κ3) is 3.25. The summed E-state index contributed by atoms with van der Waals surface area (Å²) in [5.41, 5.74) is 6.64. The lowest BCUT2D eigenvalue weighted by Gasteiger charge is -2.15. The predicted octanol–water partition coefficient (Wildman–Crippen LogP) is 3.00. The highest BCUT2D eigenvalue weighted by Crippen LogP contribution is 2.24. The van der Waals surface area contributed by atoms with Gasteiger partial charge >= 0.3 is 0 Å². The van der Waals surface area contributed by atoms with E-state index in [-0.39, 0.29) is 24.0 Å². The molecule has 2 N–H and O–H groups in total. The number of para-hydroxylation sites is 1. The van der Waals surface area contributed by atoms with E-state index in [0.717, 1.165) is 18.8 Å². The first-order chi connectivity index (χ1) is 7.27. The van der Waals surface area contributed by atoms with Gasteiger partial charge in [-0.2, -0.15) is 0 Å². The summed E-state index contributed by atoms with van der Waals surface area (Å²) >= 11 is 5.99. The van der Waals surface area contributed by atoms with Gasteiger partial charge in [0.1, 0.15) is 0 Å². The summed E-state index contributed by atoms with van der Waals surface area (Å²) in [5.74, 6) is 0.570. The topological polar surface area (TPSA) is 41.6 Å². The molecule has 1 fully saturated rings. The highest BCUT2D eigenvalue weighted by molar-refractivity contribution is 14.0. The van der Waals surface area contributed by atoms with Crippen molar-refractivity contribution < 1.29 is 0 Å². The van der Waals surface area contributed by atoms with Crippen LogP contribution in [0.1, 0.15) is 12.8 Å². The zero-order valence-electron chi connectivity index (χ0n) is 8.90. The number of benzene rings is 1. The van der Waals surface area contributed by atoms with Crippen LogP contribution in [-0.2, 0) is 0 Å². The predicted molar refractivity (Wildman–Crippen MR) is 79.0 cm³/mol. The van der Waals surface area contributed by atoms with Crippen molar-refractivity contribution in [1.82, 2.24) is 4.90 Å². The molecule has 16 heavy (non-hydrogen) atoms. The fourth-order valence-electron chi connectivity index (χ4n) is 1.68. The Hall–Kier alpha value is -0.490. The van der Waals surface area contributed by atoms with Crippen LogP contribution in [0.4, 0.5) is 5.69 Å². The third-order valence-electron chi connectivity index (χ3n) is 2.52. The van der Waals surface area contributed by atoms with Crippen LogP contribution in [0.15, 0.2) is 29.3 Å². The number of hydrogen-bond acceptors (Lipinski definition) is 1. The normalized spacial score (nSPS) is 16.1. The molecule has 0 atom stereocenters. The van der Waals surface area contributed by atoms with E-state index in [0.29, 0.717) is 11.0 Å². The average Bonchev–Trinajstić information content (AvgIpc) is 2.74. The molecule has 0 bridgehead atoms. The maximum atomic E-state index is 5.99. The first-order valence-electron chi connectivity index (χ1n) is 5.11. The Morgan fingerprint density at radius 2 is 1.88 bits per heavy atom. The highest BCUT2D eigenvalue weighted by atomic mass is 127. The number of nitrogens with zero attached hydrogens (tertiary/aromatic N) is 2. The number of halogens is 2. The van der Waals surface area contributed by atoms with Crippen LogP contribution in [0.5, 0.6) is 0 Å². The van der Waals surface area contributed by atoms with Crippen molar-refractivity contribution in [3.05, 3.63) is 29.3 Å². The lowest BCUT2D eigenvalue weighted by atomic mass is 10.3. The van der Waals surface area contributed by atoms with Crippen molar-refractivity contribution in [3.63, 3.8) is 0 Å². The Morgan fingerprint density at radius 1 is 1.25 bits per heavy atom. The maximum Gasteiger partial charge on any atom is 0.196 e. The SMILES string of the molecule is I.NC(=Nc1ccccc1Cl)N1CCCC1. The molecule has 0 unspecified atom stereocenters. The van der Waals surface area contributed by atoms with Gasteiger partial charge in [-0.05, 0) is 25.0 Å². The molecule has 0 saturated carbocycles. The Labute approximate surface area is 118 Å². The minimum absolute atomic E-state index is 0. The van der Waals surface area contributed by atoms with Crippen molar-refractivity contribution in [3.8, 4) is 0 Å². The molecule has 3 nitrogen and oxygen atoms in total. The van der Waals surface area contributed by atoms with E-state index in [4.69, 9.17) is 17.3 Å². The van der Waals surface area contributed by atoms with Crippen molar-refractivity contribution in [2.75, 3.05) is 13.1 Å². The molecular weight excluding hydrogens is 336 g/mol. The second kappa shape index (κ2) is 6.30. The first-order valence-corrected chi connectivity index (χ1v) is 5.49. The van der Waals surface area contributed by atoms with E-state index in [9.17, 15) is 0 Å². The van der Waals surface area contributed by atoms with Crippen LogP contribution in [0.2, 0.25) is 5.02 Å². The molecule has 0 spiro atoms. The summed E-state index contributed by atoms with van der Waals surface area (Å²) < 4.78 is 0. The van der Waals surface area contributed by atoms with Gasteiger partial charge in [-0.3, -0.25) is 0 Å². The molecule has 0 amide bonds. The van der Waals surface area contributed by atoms with Crippen LogP contribution >= 0.6 is 35.6 Å². The summed E-state index contributed by atoms with van der Waals surface area (Å²) in [5, 5.41) is 0.639. The molecule has 1 saturated heterocycles. The number of guanidine groups is 1. The quantitative estimate of drug-likeness (QED) is 0.480. The van der Waals surface area contributed by atoms with Gasteiger partial charge in [0.25, 0.3) is 0 Å². The van der Waals surface area contributed by atoms with Gasteiger partial charge in [0.05, 0.1) is 10.7 Å². The zero-order valence-corrected chi connectivity index (χ0v) is 12.0. The Morgan fingerprint density at radius 3 is 2.50 bits per heavy atom. The number of nitrogens with two attached hydrogens (primary N) is 1. The molecule has 0 radical (unpaired) electrons. The summed E-state index contributed by atoms with van der Waals surface area (Å²) in [6.07, 6.45) is 2.39. The first kappa shape index (κ1) is 13.6. The molecule has 1 aromatic rings. The van der Waals surface area contributed by atoms with Gasteiger partial charge in [0.15, 0.2) is 5.96 Å². The summed E-state index contributed by atoms with van der Waals surface area (Å²) in [6.45, 7) is 2.00. The Balaban J connectivity index is 0.00000128. The van der Waals surface area contributed by atoms with Crippen LogP contribution in [0.25, 0.3) is 0 Å². The molecule has 0 aromatic heterocycles. The molecule has 1 aromatic carbocycles. The second-order valence-corrected chi connectivity index (χ2v) is 4.02. The maximum absolute atomic E-state index is 5.99. The Kier molecular flexibility index (Phi) is 5.34. The fraction of sp³-hybridized carbons (Fsp3) is 0.364. The standard InChI is InChI=1S/C11H14ClN3.HI/c12-9-5-1-2-6-10(9)14-11(13)15-7-3-4-8-15;/h1-2,5-6H,3-4,7-8H2,(H2,13,14);1H. The van der Waals surface area contributed by atoms with Crippen LogP contribution in [0, 0.1) is 0 Å². The molecule has 1 heterocycles. The van der Waals surface area contributed by atoms with E-state index in [1.807, 2.05) is 24.3 Å². The van der Waals surface area contributed by atoms with Gasteiger partial charge in [0.2, 0.25) is 0 Å². The van der Waals surface area contributed by atoms with Gasteiger partial charge in [0, 0.05) is 13.1 Å². The van der Waals surface area contributed by atoms with Crippen molar-refractivity contribution in [2.45, 2.75) is 12.8 Å². The third-order valence-corrected chi connectivity index (χ3v) is 2.84. The number of hydrogen-bond donors (Lipinski definition) is 1. The Bertz CT molecular complexity index is 375. The molecular formula is C11H15ClIN3. The molecule has 2 rings (SSSR count). The van der Waals surface area contributed by atoms with Crippen molar-refractivity contribution in [1.29, 1.82) is 0 Å². The molecule has 88 valence electrons. The van der Waals surface area contributed by atoms with E-state index in [1.165, 1.54) is 12.8 Å². The number of likely N-dealkylation sites (tertiary alicyclic amines) is 1. The monoisotopic (exact) mass is 351 g/mol. The highest BCUT2D eigenvalue weighted by Gasteiger charge is 2.13. The van der Waals surface area contributed by atoms with Gasteiger partial charge < -0.3 is 10.6 Å². The zero-order chi connectivity index (χ0) is 10.7. The van der Waals surface area contributed by atoms with E-state index in [1.54, 1.807) is 0 Å². The summed E-state index contributed by atoms with van der Waals surface area (Å²) in [7, 11) is 0. The number of aliphatic imine (C=N–C) groups is 1. The minimum atomic E-state index is 0. The fourth-order valence-corrected chi connectivity index (χ4v) is 1.86. The van der Waals surface area contributed by atoms with Gasteiger partial charge in [-0.1, -0.05) is 23.7 Å². The summed E-state index contributed by atoms with van der Waals surface area (Å²) in [4.78, 5) is 6.42. The van der Waals surface area contributed by atoms with Crippen molar-refractivity contribution in [2.24, 2.45) is 10.7 Å². The van der Waals surface area contributed by atoms with Crippen molar-refractivity contribution >= 4 is 47.2 Å². The van der Waals surface area contributed by atoms with Gasteiger partial charge in [-0.25, -0.2) is 4.99 Å². The van der Waals surface area contributed by atoms with Crippen LogP contribution in [-0.4, -0.2) is 23.9 Å². The molecule has 0 aliphatic carbocycles. The van der Waals surface area contributed by atoms with Gasteiger partial charge in [-0.15, -0.1) is 24.0 Å². The van der Waals surface area contributed by atoms with Crippen LogP contribution in [0.3, 0.4) is 0 Å². The second-order valence-electron chi connectivity index (χ2n) is 3.62. The number of rotatable bonds is 1. The molecule has 1 aliphatic rings. The molecule has 1 aliphatic heterocycles. The largest absolute Gasteiger partial charge is 0.369 e. The van der Waals surface area contributed by atoms with E-state index in [2.05, 4.69) is 9.89 Å². The smallest absolute Gasteiger partial charge is 0.196 e. The van der Waals surface area contributed by atoms with E-state index < -0.39 is 0 Å². The summed E-state index contributed by atoms with van der Waals surface area (Å²) in [6, 6.07) is 7.47. The van der Waals surface area contributed by atoms with E-state index >= 15 is 0 Å². The lowest BCUT2D eigenvalue weighted by Crippen LogP contribution is -2.34. The average molecular weight is 352 g/mol. The molecule has 5 heteroatoms. The minimum Gasteiger partial charge on any atom is -0.369 e. The lowest BCUT2D eigenvalue weighted by molar-refractivity contribution is 0.513.